The SMILES string of the molecule is Cc1cc(N)c(NS(=O)(=O)c2cccc(C#N)c2)cc1C. The summed E-state index contributed by atoms with van der Waals surface area (Å²) in [7, 11) is -3.78. The van der Waals surface area contributed by atoms with E-state index in [9.17, 15) is 8.42 Å². The molecule has 0 saturated heterocycles. The van der Waals surface area contributed by atoms with Crippen LogP contribution in [0.5, 0.6) is 0 Å². The molecule has 0 aliphatic rings. The number of hydrogen-bond acceptors (Lipinski definition) is 4. The average Bonchev–Trinajstić information content (AvgIpc) is 2.44. The quantitative estimate of drug-likeness (QED) is 0.851. The molecule has 0 unspecified atom stereocenters. The van der Waals surface area contributed by atoms with Gasteiger partial charge in [-0.1, -0.05) is 6.07 Å². The highest BCUT2D eigenvalue weighted by Crippen LogP contribution is 2.25. The van der Waals surface area contributed by atoms with Crippen LogP contribution in [0.4, 0.5) is 11.4 Å². The molecule has 0 aromatic heterocycles. The topological polar surface area (TPSA) is 96.0 Å². The van der Waals surface area contributed by atoms with Crippen LogP contribution in [0.2, 0.25) is 0 Å². The zero-order valence-electron chi connectivity index (χ0n) is 11.7. The summed E-state index contributed by atoms with van der Waals surface area (Å²) >= 11 is 0. The maximum atomic E-state index is 12.3. The van der Waals surface area contributed by atoms with Crippen LogP contribution in [-0.4, -0.2) is 8.42 Å². The third-order valence-electron chi connectivity index (χ3n) is 3.18. The predicted molar refractivity (Wildman–Crippen MR) is 82.3 cm³/mol. The van der Waals surface area contributed by atoms with E-state index in [1.807, 2.05) is 19.9 Å². The first-order chi connectivity index (χ1) is 9.83. The minimum Gasteiger partial charge on any atom is -0.397 e. The van der Waals surface area contributed by atoms with Crippen LogP contribution in [0.15, 0.2) is 41.3 Å². The van der Waals surface area contributed by atoms with Crippen LogP contribution >= 0.6 is 0 Å². The van der Waals surface area contributed by atoms with Crippen molar-refractivity contribution < 1.29 is 8.42 Å². The number of nitrogens with one attached hydrogen (secondary N) is 1. The molecule has 108 valence electrons. The Hall–Kier alpha value is -2.52. The molecular weight excluding hydrogens is 286 g/mol. The van der Waals surface area contributed by atoms with Gasteiger partial charge < -0.3 is 5.73 Å². The Labute approximate surface area is 124 Å². The number of nitrogens with two attached hydrogens (primary N) is 1. The molecule has 21 heavy (non-hydrogen) atoms. The number of benzene rings is 2. The summed E-state index contributed by atoms with van der Waals surface area (Å²) in [4.78, 5) is 0.0270. The van der Waals surface area contributed by atoms with Crippen LogP contribution in [0.25, 0.3) is 0 Å². The number of rotatable bonds is 3. The summed E-state index contributed by atoms with van der Waals surface area (Å²) in [5, 5.41) is 8.84. The Bertz CT molecular complexity index is 836. The Morgan fingerprint density at radius 2 is 1.81 bits per heavy atom. The van der Waals surface area contributed by atoms with E-state index in [1.54, 1.807) is 18.2 Å². The summed E-state index contributed by atoms with van der Waals surface area (Å²) in [5.74, 6) is 0. The molecule has 0 saturated carbocycles. The van der Waals surface area contributed by atoms with Gasteiger partial charge in [-0.25, -0.2) is 8.42 Å². The molecule has 3 N–H and O–H groups in total. The molecule has 0 radical (unpaired) electrons. The fourth-order valence-electron chi connectivity index (χ4n) is 1.86. The normalized spacial score (nSPS) is 10.9. The molecule has 0 atom stereocenters. The van der Waals surface area contributed by atoms with Gasteiger partial charge in [-0.2, -0.15) is 5.26 Å². The minimum atomic E-state index is -3.78. The Kier molecular flexibility index (Phi) is 3.87. The molecule has 0 spiro atoms. The lowest BCUT2D eigenvalue weighted by atomic mass is 10.1. The van der Waals surface area contributed by atoms with Crippen molar-refractivity contribution in [1.29, 1.82) is 5.26 Å². The first kappa shape index (κ1) is 14.9. The molecule has 0 amide bonds. The highest BCUT2D eigenvalue weighted by Gasteiger charge is 2.16. The monoisotopic (exact) mass is 301 g/mol. The van der Waals surface area contributed by atoms with Gasteiger partial charge in [0.25, 0.3) is 10.0 Å². The average molecular weight is 301 g/mol. The fourth-order valence-corrected chi connectivity index (χ4v) is 2.99. The summed E-state index contributed by atoms with van der Waals surface area (Å²) < 4.78 is 27.1. The van der Waals surface area contributed by atoms with E-state index in [0.29, 0.717) is 11.4 Å². The summed E-state index contributed by atoms with van der Waals surface area (Å²) in [5.41, 5.74) is 8.75. The van der Waals surface area contributed by atoms with Crippen LogP contribution in [0.3, 0.4) is 0 Å². The second-order valence-electron chi connectivity index (χ2n) is 4.77. The number of nitrogen functional groups attached to an aromatic ring is 1. The van der Waals surface area contributed by atoms with Crippen molar-refractivity contribution in [2.75, 3.05) is 10.5 Å². The lowest BCUT2D eigenvalue weighted by Gasteiger charge is -2.12. The molecule has 0 fully saturated rings. The molecule has 0 aliphatic carbocycles. The number of aryl methyl sites for hydroxylation is 2. The second kappa shape index (κ2) is 5.46. The lowest BCUT2D eigenvalue weighted by Crippen LogP contribution is -2.14. The van der Waals surface area contributed by atoms with Crippen LogP contribution in [-0.2, 0) is 10.0 Å². The Morgan fingerprint density at radius 3 is 2.48 bits per heavy atom. The standard InChI is InChI=1S/C15H15N3O2S/c1-10-6-14(17)15(7-11(10)2)18-21(19,20)13-5-3-4-12(8-13)9-16/h3-8,18H,17H2,1-2H3. The van der Waals surface area contributed by atoms with Crippen LogP contribution < -0.4 is 10.5 Å². The molecule has 0 aliphatic heterocycles. The highest BCUT2D eigenvalue weighted by atomic mass is 32.2. The van der Waals surface area contributed by atoms with E-state index in [-0.39, 0.29) is 10.5 Å². The van der Waals surface area contributed by atoms with Gasteiger partial charge in [0.15, 0.2) is 0 Å². The van der Waals surface area contributed by atoms with Gasteiger partial charge in [0.2, 0.25) is 0 Å². The maximum Gasteiger partial charge on any atom is 0.262 e. The third kappa shape index (κ3) is 3.15. The van der Waals surface area contributed by atoms with E-state index in [1.165, 1.54) is 18.2 Å². The Morgan fingerprint density at radius 1 is 1.14 bits per heavy atom. The Balaban J connectivity index is 2.42. The maximum absolute atomic E-state index is 12.3. The molecule has 2 rings (SSSR count). The predicted octanol–water partition coefficient (Wildman–Crippen LogP) is 2.56. The zero-order valence-corrected chi connectivity index (χ0v) is 12.5. The third-order valence-corrected chi connectivity index (χ3v) is 4.55. The van der Waals surface area contributed by atoms with E-state index in [2.05, 4.69) is 4.72 Å². The van der Waals surface area contributed by atoms with Gasteiger partial charge in [0.1, 0.15) is 0 Å². The smallest absolute Gasteiger partial charge is 0.262 e. The number of nitriles is 1. The van der Waals surface area contributed by atoms with Crippen LogP contribution in [0.1, 0.15) is 16.7 Å². The highest BCUT2D eigenvalue weighted by molar-refractivity contribution is 7.92. The molecule has 2 aromatic rings. The summed E-state index contributed by atoms with van der Waals surface area (Å²) in [6, 6.07) is 11.1. The first-order valence-electron chi connectivity index (χ1n) is 6.23. The van der Waals surface area contributed by atoms with Crippen molar-refractivity contribution in [2.45, 2.75) is 18.7 Å². The summed E-state index contributed by atoms with van der Waals surface area (Å²) in [6.07, 6.45) is 0. The molecule has 0 bridgehead atoms. The van der Waals surface area contributed by atoms with Crippen molar-refractivity contribution in [3.05, 3.63) is 53.1 Å². The lowest BCUT2D eigenvalue weighted by molar-refractivity contribution is 0.601. The number of sulfonamides is 1. The van der Waals surface area contributed by atoms with Crippen molar-refractivity contribution in [1.82, 2.24) is 0 Å². The summed E-state index contributed by atoms with van der Waals surface area (Å²) in [6.45, 7) is 3.78. The fraction of sp³-hybridized carbons (Fsp3) is 0.133. The molecule has 6 heteroatoms. The van der Waals surface area contributed by atoms with Gasteiger partial charge in [-0.3, -0.25) is 4.72 Å². The molecular formula is C15H15N3O2S. The number of hydrogen-bond donors (Lipinski definition) is 2. The number of nitrogens with zero attached hydrogens (tertiary/aromatic N) is 1. The van der Waals surface area contributed by atoms with E-state index < -0.39 is 10.0 Å². The van der Waals surface area contributed by atoms with Gasteiger partial charge >= 0.3 is 0 Å². The van der Waals surface area contributed by atoms with Gasteiger partial charge in [0.05, 0.1) is 27.9 Å². The molecule has 0 heterocycles. The first-order valence-corrected chi connectivity index (χ1v) is 7.71. The van der Waals surface area contributed by atoms with E-state index in [4.69, 9.17) is 11.0 Å². The zero-order chi connectivity index (χ0) is 15.6. The largest absolute Gasteiger partial charge is 0.397 e. The molecule has 5 nitrogen and oxygen atoms in total. The van der Waals surface area contributed by atoms with Crippen molar-refractivity contribution in [2.24, 2.45) is 0 Å². The second-order valence-corrected chi connectivity index (χ2v) is 6.45. The van der Waals surface area contributed by atoms with E-state index in [0.717, 1.165) is 11.1 Å². The van der Waals surface area contributed by atoms with Crippen molar-refractivity contribution >= 4 is 21.4 Å². The minimum absolute atomic E-state index is 0.0270. The van der Waals surface area contributed by atoms with Gasteiger partial charge in [0, 0.05) is 0 Å². The van der Waals surface area contributed by atoms with Crippen LogP contribution in [0, 0.1) is 25.2 Å². The van der Waals surface area contributed by atoms with Crippen molar-refractivity contribution in [3.8, 4) is 6.07 Å². The van der Waals surface area contributed by atoms with Crippen molar-refractivity contribution in [3.63, 3.8) is 0 Å². The number of anilines is 2. The van der Waals surface area contributed by atoms with Gasteiger partial charge in [-0.05, 0) is 55.3 Å². The molecule has 2 aromatic carbocycles. The van der Waals surface area contributed by atoms with Gasteiger partial charge in [-0.15, -0.1) is 0 Å². The van der Waals surface area contributed by atoms with E-state index >= 15 is 0 Å².